The highest BCUT2D eigenvalue weighted by molar-refractivity contribution is 5.32. The molecule has 2 unspecified atom stereocenters. The number of nitrogens with one attached hydrogen (secondary N) is 1. The average molecular weight is 294 g/mol. The summed E-state index contributed by atoms with van der Waals surface area (Å²) in [5.41, 5.74) is 0. The summed E-state index contributed by atoms with van der Waals surface area (Å²) in [5.74, 6) is 1.47. The van der Waals surface area contributed by atoms with Gasteiger partial charge in [-0.05, 0) is 38.6 Å². The van der Waals surface area contributed by atoms with Gasteiger partial charge in [0, 0.05) is 25.2 Å². The SMILES string of the molecule is COc1cccc(OCC(O)CNCC2CCCN2C)c1. The third-order valence-electron chi connectivity index (χ3n) is 3.92. The van der Waals surface area contributed by atoms with Gasteiger partial charge in [0.1, 0.15) is 24.2 Å². The van der Waals surface area contributed by atoms with Crippen molar-refractivity contribution >= 4 is 0 Å². The van der Waals surface area contributed by atoms with Crippen molar-refractivity contribution in [1.82, 2.24) is 10.2 Å². The highest BCUT2D eigenvalue weighted by atomic mass is 16.5. The number of hydrogen-bond acceptors (Lipinski definition) is 5. The summed E-state index contributed by atoms with van der Waals surface area (Å²) in [7, 11) is 3.78. The van der Waals surface area contributed by atoms with Crippen molar-refractivity contribution in [3.8, 4) is 11.5 Å². The molecule has 1 aromatic rings. The van der Waals surface area contributed by atoms with E-state index < -0.39 is 6.10 Å². The van der Waals surface area contributed by atoms with Gasteiger partial charge in [0.2, 0.25) is 0 Å². The van der Waals surface area contributed by atoms with Gasteiger partial charge in [-0.1, -0.05) is 6.07 Å². The number of benzene rings is 1. The highest BCUT2D eigenvalue weighted by Gasteiger charge is 2.20. The van der Waals surface area contributed by atoms with E-state index >= 15 is 0 Å². The van der Waals surface area contributed by atoms with E-state index in [-0.39, 0.29) is 6.61 Å². The van der Waals surface area contributed by atoms with E-state index in [4.69, 9.17) is 9.47 Å². The molecule has 1 aliphatic rings. The Morgan fingerprint density at radius 3 is 2.95 bits per heavy atom. The molecule has 1 saturated heterocycles. The summed E-state index contributed by atoms with van der Waals surface area (Å²) >= 11 is 0. The maximum atomic E-state index is 9.94. The second kappa shape index (κ2) is 8.22. The predicted octanol–water partition coefficient (Wildman–Crippen LogP) is 1.12. The summed E-state index contributed by atoms with van der Waals surface area (Å²) in [6, 6.07) is 8.00. The van der Waals surface area contributed by atoms with Crippen LogP contribution in [-0.4, -0.2) is 62.6 Å². The summed E-state index contributed by atoms with van der Waals surface area (Å²) in [4.78, 5) is 2.37. The third kappa shape index (κ3) is 5.19. The molecule has 0 aromatic heterocycles. The van der Waals surface area contributed by atoms with Crippen LogP contribution in [0.15, 0.2) is 24.3 Å². The summed E-state index contributed by atoms with van der Waals surface area (Å²) < 4.78 is 10.7. The zero-order valence-electron chi connectivity index (χ0n) is 12.9. The Bertz CT molecular complexity index is 428. The molecule has 0 amide bonds. The van der Waals surface area contributed by atoms with Crippen LogP contribution in [0, 0.1) is 0 Å². The van der Waals surface area contributed by atoms with Gasteiger partial charge in [-0.3, -0.25) is 0 Å². The van der Waals surface area contributed by atoms with E-state index in [9.17, 15) is 5.11 Å². The molecule has 0 bridgehead atoms. The lowest BCUT2D eigenvalue weighted by atomic mass is 10.2. The topological polar surface area (TPSA) is 54.0 Å². The molecule has 0 aliphatic carbocycles. The lowest BCUT2D eigenvalue weighted by Gasteiger charge is -2.21. The largest absolute Gasteiger partial charge is 0.497 e. The van der Waals surface area contributed by atoms with E-state index in [0.29, 0.717) is 18.3 Å². The first-order valence-corrected chi connectivity index (χ1v) is 7.55. The molecular weight excluding hydrogens is 268 g/mol. The van der Waals surface area contributed by atoms with Gasteiger partial charge in [0.25, 0.3) is 0 Å². The van der Waals surface area contributed by atoms with Crippen molar-refractivity contribution in [3.05, 3.63) is 24.3 Å². The first-order valence-electron chi connectivity index (χ1n) is 7.55. The van der Waals surface area contributed by atoms with Crippen LogP contribution in [0.4, 0.5) is 0 Å². The molecule has 5 nitrogen and oxygen atoms in total. The van der Waals surface area contributed by atoms with E-state index in [1.165, 1.54) is 19.4 Å². The standard InChI is InChI=1S/C16H26N2O3/c1-18-8-4-5-13(18)10-17-11-14(19)12-21-16-7-3-6-15(9-16)20-2/h3,6-7,9,13-14,17,19H,4-5,8,10-12H2,1-2H3. The number of aliphatic hydroxyl groups excluding tert-OH is 1. The first-order chi connectivity index (χ1) is 10.2. The Labute approximate surface area is 126 Å². The predicted molar refractivity (Wildman–Crippen MR) is 83.0 cm³/mol. The molecule has 0 saturated carbocycles. The normalized spacial score (nSPS) is 20.4. The van der Waals surface area contributed by atoms with Gasteiger partial charge in [-0.25, -0.2) is 0 Å². The summed E-state index contributed by atoms with van der Waals surface area (Å²) in [6.45, 7) is 2.93. The van der Waals surface area contributed by atoms with Crippen molar-refractivity contribution < 1.29 is 14.6 Å². The van der Waals surface area contributed by atoms with Gasteiger partial charge in [-0.15, -0.1) is 0 Å². The number of rotatable bonds is 8. The van der Waals surface area contributed by atoms with Gasteiger partial charge >= 0.3 is 0 Å². The number of aliphatic hydroxyl groups is 1. The Morgan fingerprint density at radius 1 is 1.43 bits per heavy atom. The fourth-order valence-corrected chi connectivity index (χ4v) is 2.60. The first kappa shape index (κ1) is 16.1. The molecule has 0 spiro atoms. The molecule has 1 fully saturated rings. The second-order valence-corrected chi connectivity index (χ2v) is 5.58. The zero-order chi connectivity index (χ0) is 15.1. The number of likely N-dealkylation sites (tertiary alicyclic amines) is 1. The highest BCUT2D eigenvalue weighted by Crippen LogP contribution is 2.18. The maximum absolute atomic E-state index is 9.94. The number of ether oxygens (including phenoxy) is 2. The van der Waals surface area contributed by atoms with E-state index in [2.05, 4.69) is 17.3 Å². The van der Waals surface area contributed by atoms with Gasteiger partial charge < -0.3 is 24.8 Å². The maximum Gasteiger partial charge on any atom is 0.123 e. The number of nitrogens with zero attached hydrogens (tertiary/aromatic N) is 1. The minimum Gasteiger partial charge on any atom is -0.497 e. The smallest absolute Gasteiger partial charge is 0.123 e. The van der Waals surface area contributed by atoms with Gasteiger partial charge in [-0.2, -0.15) is 0 Å². The van der Waals surface area contributed by atoms with Crippen LogP contribution in [0.25, 0.3) is 0 Å². The minimum absolute atomic E-state index is 0.278. The molecule has 2 rings (SSSR count). The van der Waals surface area contributed by atoms with E-state index in [0.717, 1.165) is 12.3 Å². The summed E-state index contributed by atoms with van der Waals surface area (Å²) in [6.07, 6.45) is 1.99. The van der Waals surface area contributed by atoms with Crippen LogP contribution in [-0.2, 0) is 0 Å². The Morgan fingerprint density at radius 2 is 2.24 bits per heavy atom. The minimum atomic E-state index is -0.511. The van der Waals surface area contributed by atoms with Crippen molar-refractivity contribution in [3.63, 3.8) is 0 Å². The van der Waals surface area contributed by atoms with Crippen LogP contribution >= 0.6 is 0 Å². The average Bonchev–Trinajstić information content (AvgIpc) is 2.91. The fourth-order valence-electron chi connectivity index (χ4n) is 2.60. The lowest BCUT2D eigenvalue weighted by Crippen LogP contribution is -2.39. The lowest BCUT2D eigenvalue weighted by molar-refractivity contribution is 0.104. The van der Waals surface area contributed by atoms with Crippen LogP contribution in [0.2, 0.25) is 0 Å². The number of methoxy groups -OCH3 is 1. The fraction of sp³-hybridized carbons (Fsp3) is 0.625. The van der Waals surface area contributed by atoms with Crippen molar-refractivity contribution in [2.45, 2.75) is 25.0 Å². The molecule has 5 heteroatoms. The molecular formula is C16H26N2O3. The van der Waals surface area contributed by atoms with Crippen LogP contribution in [0.1, 0.15) is 12.8 Å². The van der Waals surface area contributed by atoms with E-state index in [1.807, 2.05) is 24.3 Å². The Hall–Kier alpha value is -1.30. The molecule has 2 atom stereocenters. The molecule has 21 heavy (non-hydrogen) atoms. The Balaban J connectivity index is 1.63. The zero-order valence-corrected chi connectivity index (χ0v) is 12.9. The molecule has 1 aromatic carbocycles. The third-order valence-corrected chi connectivity index (χ3v) is 3.92. The van der Waals surface area contributed by atoms with Crippen LogP contribution < -0.4 is 14.8 Å². The molecule has 118 valence electrons. The van der Waals surface area contributed by atoms with Gasteiger partial charge in [0.15, 0.2) is 0 Å². The van der Waals surface area contributed by atoms with Crippen molar-refractivity contribution in [2.75, 3.05) is 40.4 Å². The van der Waals surface area contributed by atoms with Crippen molar-refractivity contribution in [2.24, 2.45) is 0 Å². The Kier molecular flexibility index (Phi) is 6.29. The van der Waals surface area contributed by atoms with Crippen LogP contribution in [0.3, 0.4) is 0 Å². The number of likely N-dealkylation sites (N-methyl/N-ethyl adjacent to an activating group) is 1. The monoisotopic (exact) mass is 294 g/mol. The molecule has 0 radical (unpaired) electrons. The van der Waals surface area contributed by atoms with Gasteiger partial charge in [0.05, 0.1) is 7.11 Å². The summed E-state index contributed by atoms with van der Waals surface area (Å²) in [5, 5.41) is 13.3. The molecule has 2 N–H and O–H groups in total. The van der Waals surface area contributed by atoms with Crippen LogP contribution in [0.5, 0.6) is 11.5 Å². The van der Waals surface area contributed by atoms with E-state index in [1.54, 1.807) is 7.11 Å². The van der Waals surface area contributed by atoms with Crippen molar-refractivity contribution in [1.29, 1.82) is 0 Å². The molecule has 1 heterocycles. The number of hydrogen-bond donors (Lipinski definition) is 2. The second-order valence-electron chi connectivity index (χ2n) is 5.58. The molecule has 1 aliphatic heterocycles. The quantitative estimate of drug-likeness (QED) is 0.752.